The molecular weight excluding hydrogens is 432 g/mol. The lowest BCUT2D eigenvalue weighted by molar-refractivity contribution is 0.625. The SMILES string of the molecule is CCNC(=NCCCc1cnn(C)c1)NCCc1cccc(F)c1.I. The maximum atomic E-state index is 13.2. The average molecular weight is 459 g/mol. The number of rotatable bonds is 8. The molecule has 0 aliphatic heterocycles. The van der Waals surface area contributed by atoms with Gasteiger partial charge in [-0.2, -0.15) is 5.10 Å². The van der Waals surface area contributed by atoms with Crippen LogP contribution < -0.4 is 10.6 Å². The van der Waals surface area contributed by atoms with E-state index in [1.54, 1.807) is 12.1 Å². The molecule has 138 valence electrons. The first-order chi connectivity index (χ1) is 11.7. The zero-order valence-electron chi connectivity index (χ0n) is 14.8. The van der Waals surface area contributed by atoms with Crippen LogP contribution in [0.1, 0.15) is 24.5 Å². The largest absolute Gasteiger partial charge is 0.357 e. The number of guanidine groups is 1. The van der Waals surface area contributed by atoms with Gasteiger partial charge in [0.05, 0.1) is 6.20 Å². The summed E-state index contributed by atoms with van der Waals surface area (Å²) >= 11 is 0. The van der Waals surface area contributed by atoms with Gasteiger partial charge in [0, 0.05) is 32.9 Å². The zero-order valence-corrected chi connectivity index (χ0v) is 17.2. The molecule has 25 heavy (non-hydrogen) atoms. The van der Waals surface area contributed by atoms with Gasteiger partial charge in [-0.15, -0.1) is 24.0 Å². The Bertz CT molecular complexity index is 656. The second-order valence-electron chi connectivity index (χ2n) is 5.69. The van der Waals surface area contributed by atoms with Crippen LogP contribution in [0.4, 0.5) is 4.39 Å². The van der Waals surface area contributed by atoms with Gasteiger partial charge < -0.3 is 10.6 Å². The normalized spacial score (nSPS) is 11.1. The van der Waals surface area contributed by atoms with Crippen molar-refractivity contribution in [2.24, 2.45) is 12.0 Å². The van der Waals surface area contributed by atoms with Crippen molar-refractivity contribution in [3.05, 3.63) is 53.6 Å². The van der Waals surface area contributed by atoms with Crippen LogP contribution in [-0.2, 0) is 19.9 Å². The molecule has 0 unspecified atom stereocenters. The fourth-order valence-electron chi connectivity index (χ4n) is 2.43. The molecule has 2 rings (SSSR count). The van der Waals surface area contributed by atoms with E-state index in [1.165, 1.54) is 11.6 Å². The molecule has 0 saturated carbocycles. The summed E-state index contributed by atoms with van der Waals surface area (Å²) < 4.78 is 15.0. The number of nitrogens with zero attached hydrogens (tertiary/aromatic N) is 3. The highest BCUT2D eigenvalue weighted by Gasteiger charge is 2.00. The van der Waals surface area contributed by atoms with Gasteiger partial charge in [0.15, 0.2) is 5.96 Å². The van der Waals surface area contributed by atoms with Gasteiger partial charge in [-0.25, -0.2) is 4.39 Å². The smallest absolute Gasteiger partial charge is 0.191 e. The number of aromatic nitrogens is 2. The molecule has 0 aliphatic rings. The van der Waals surface area contributed by atoms with Crippen LogP contribution >= 0.6 is 24.0 Å². The first-order valence-electron chi connectivity index (χ1n) is 8.41. The van der Waals surface area contributed by atoms with E-state index in [-0.39, 0.29) is 29.8 Å². The first-order valence-corrected chi connectivity index (χ1v) is 8.41. The Morgan fingerprint density at radius 1 is 1.24 bits per heavy atom. The van der Waals surface area contributed by atoms with Crippen LogP contribution in [0.5, 0.6) is 0 Å². The van der Waals surface area contributed by atoms with Crippen molar-refractivity contribution in [1.29, 1.82) is 0 Å². The Morgan fingerprint density at radius 2 is 2.08 bits per heavy atom. The predicted octanol–water partition coefficient (Wildman–Crippen LogP) is 2.91. The predicted molar refractivity (Wildman–Crippen MR) is 111 cm³/mol. The number of aliphatic imine (C=N–C) groups is 1. The molecule has 2 aromatic rings. The highest BCUT2D eigenvalue weighted by atomic mass is 127. The molecule has 7 heteroatoms. The number of hydrogen-bond acceptors (Lipinski definition) is 2. The summed E-state index contributed by atoms with van der Waals surface area (Å²) in [5, 5.41) is 10.7. The number of benzene rings is 1. The average Bonchev–Trinajstić information content (AvgIpc) is 2.97. The summed E-state index contributed by atoms with van der Waals surface area (Å²) in [6.07, 6.45) is 6.64. The van der Waals surface area contributed by atoms with Gasteiger partial charge in [0.1, 0.15) is 5.82 Å². The van der Waals surface area contributed by atoms with Crippen molar-refractivity contribution in [1.82, 2.24) is 20.4 Å². The molecule has 1 aromatic carbocycles. The summed E-state index contributed by atoms with van der Waals surface area (Å²) in [6.45, 7) is 4.33. The molecule has 2 N–H and O–H groups in total. The van der Waals surface area contributed by atoms with Gasteiger partial charge in [-0.1, -0.05) is 12.1 Å². The summed E-state index contributed by atoms with van der Waals surface area (Å²) in [5.41, 5.74) is 2.21. The lowest BCUT2D eigenvalue weighted by Crippen LogP contribution is -2.38. The van der Waals surface area contributed by atoms with Crippen LogP contribution in [-0.4, -0.2) is 35.4 Å². The second-order valence-corrected chi connectivity index (χ2v) is 5.69. The molecule has 0 bridgehead atoms. The van der Waals surface area contributed by atoms with Crippen LogP contribution in [0.25, 0.3) is 0 Å². The molecular formula is C18H27FIN5. The van der Waals surface area contributed by atoms with E-state index in [1.807, 2.05) is 37.1 Å². The lowest BCUT2D eigenvalue weighted by atomic mass is 10.1. The van der Waals surface area contributed by atoms with Gasteiger partial charge in [-0.05, 0) is 49.4 Å². The minimum absolute atomic E-state index is 0. The van der Waals surface area contributed by atoms with E-state index in [4.69, 9.17) is 0 Å². The maximum absolute atomic E-state index is 13.2. The topological polar surface area (TPSA) is 54.2 Å². The summed E-state index contributed by atoms with van der Waals surface area (Å²) in [5.74, 6) is 0.614. The lowest BCUT2D eigenvalue weighted by Gasteiger charge is -2.11. The third-order valence-electron chi connectivity index (χ3n) is 3.59. The van der Waals surface area contributed by atoms with E-state index in [0.29, 0.717) is 0 Å². The van der Waals surface area contributed by atoms with Crippen LogP contribution in [0.3, 0.4) is 0 Å². The first kappa shape index (κ1) is 21.4. The Labute approximate surface area is 166 Å². The third kappa shape index (κ3) is 8.33. The van der Waals surface area contributed by atoms with Crippen LogP contribution in [0.2, 0.25) is 0 Å². The number of aryl methyl sites for hydroxylation is 2. The van der Waals surface area contributed by atoms with E-state index >= 15 is 0 Å². The summed E-state index contributed by atoms with van der Waals surface area (Å²) in [4.78, 5) is 4.58. The Balaban J connectivity index is 0.00000312. The molecule has 1 aromatic heterocycles. The molecule has 0 amide bonds. The Morgan fingerprint density at radius 3 is 2.76 bits per heavy atom. The van der Waals surface area contributed by atoms with E-state index in [0.717, 1.165) is 50.4 Å². The minimum atomic E-state index is -0.191. The van der Waals surface area contributed by atoms with Crippen molar-refractivity contribution < 1.29 is 4.39 Å². The van der Waals surface area contributed by atoms with Gasteiger partial charge in [0.2, 0.25) is 0 Å². The fourth-order valence-corrected chi connectivity index (χ4v) is 2.43. The van der Waals surface area contributed by atoms with Crippen molar-refractivity contribution in [3.8, 4) is 0 Å². The fraction of sp³-hybridized carbons (Fsp3) is 0.444. The van der Waals surface area contributed by atoms with Crippen molar-refractivity contribution >= 4 is 29.9 Å². The Kier molecular flexibility index (Phi) is 10.1. The van der Waals surface area contributed by atoms with Gasteiger partial charge >= 0.3 is 0 Å². The third-order valence-corrected chi connectivity index (χ3v) is 3.59. The Hall–Kier alpha value is -1.64. The summed E-state index contributed by atoms with van der Waals surface area (Å²) in [7, 11) is 1.92. The number of halogens is 2. The van der Waals surface area contributed by atoms with E-state index < -0.39 is 0 Å². The van der Waals surface area contributed by atoms with E-state index in [2.05, 4.69) is 20.7 Å². The zero-order chi connectivity index (χ0) is 17.2. The highest BCUT2D eigenvalue weighted by molar-refractivity contribution is 14.0. The molecule has 0 atom stereocenters. The monoisotopic (exact) mass is 459 g/mol. The standard InChI is InChI=1S/C18H26FN5.HI/c1-3-20-18(21-10-5-7-16-13-23-24(2)14-16)22-11-9-15-6-4-8-17(19)12-15;/h4,6,8,12-14H,3,5,7,9-11H2,1-2H3,(H2,20,21,22);1H. The number of nitrogens with one attached hydrogen (secondary N) is 2. The van der Waals surface area contributed by atoms with Crippen LogP contribution in [0.15, 0.2) is 41.7 Å². The van der Waals surface area contributed by atoms with Crippen molar-refractivity contribution in [3.63, 3.8) is 0 Å². The molecule has 0 saturated heterocycles. The minimum Gasteiger partial charge on any atom is -0.357 e. The summed E-state index contributed by atoms with van der Waals surface area (Å²) in [6, 6.07) is 6.70. The molecule has 0 aliphatic carbocycles. The molecule has 1 heterocycles. The molecule has 5 nitrogen and oxygen atoms in total. The van der Waals surface area contributed by atoms with Crippen molar-refractivity contribution in [2.45, 2.75) is 26.2 Å². The van der Waals surface area contributed by atoms with E-state index in [9.17, 15) is 4.39 Å². The second kappa shape index (κ2) is 11.8. The van der Waals surface area contributed by atoms with Crippen LogP contribution in [0, 0.1) is 5.82 Å². The van der Waals surface area contributed by atoms with Gasteiger partial charge in [0.25, 0.3) is 0 Å². The van der Waals surface area contributed by atoms with Crippen molar-refractivity contribution in [2.75, 3.05) is 19.6 Å². The molecule has 0 spiro atoms. The quantitative estimate of drug-likeness (QED) is 0.276. The maximum Gasteiger partial charge on any atom is 0.191 e. The molecule has 0 fully saturated rings. The molecule has 0 radical (unpaired) electrons. The highest BCUT2D eigenvalue weighted by Crippen LogP contribution is 2.03. The number of hydrogen-bond donors (Lipinski definition) is 2. The van der Waals surface area contributed by atoms with Gasteiger partial charge in [-0.3, -0.25) is 9.67 Å².